The van der Waals surface area contributed by atoms with E-state index in [9.17, 15) is 17.9 Å². The lowest BCUT2D eigenvalue weighted by molar-refractivity contribution is -0.935. The second kappa shape index (κ2) is 7.53. The Labute approximate surface area is 135 Å². The number of thiophene rings is 1. The monoisotopic (exact) mass is 370 g/mol. The zero-order valence-electron chi connectivity index (χ0n) is 13.0. The van der Waals surface area contributed by atoms with Crippen molar-refractivity contribution in [3.63, 3.8) is 0 Å². The standard InChI is InChI=1S/C12H23N2O5PS2/c1-4-14(5-2,6-3)9-11-7-8-12(21-11)22(18,19)13-10-20(15,16)17/h7-8,13H,4-6,9-10H2,1-3H3,(H-,15,16,17). The highest BCUT2D eigenvalue weighted by atomic mass is 32.2. The Morgan fingerprint density at radius 3 is 2.27 bits per heavy atom. The molecule has 0 fully saturated rings. The first-order chi connectivity index (χ1) is 10.1. The highest BCUT2D eigenvalue weighted by molar-refractivity contribution is 7.91. The molecule has 0 aromatic carbocycles. The smallest absolute Gasteiger partial charge is 0.250 e. The van der Waals surface area contributed by atoms with Gasteiger partial charge in [-0.2, -0.15) is 0 Å². The molecular formula is C12H23N2O5PS2. The van der Waals surface area contributed by atoms with Gasteiger partial charge in [-0.3, -0.25) is 0 Å². The van der Waals surface area contributed by atoms with Crippen molar-refractivity contribution < 1.29 is 27.3 Å². The van der Waals surface area contributed by atoms with Crippen LogP contribution in [0.5, 0.6) is 0 Å². The zero-order valence-corrected chi connectivity index (χ0v) is 15.5. The van der Waals surface area contributed by atoms with Gasteiger partial charge < -0.3 is 18.8 Å². The molecule has 0 saturated heterocycles. The van der Waals surface area contributed by atoms with E-state index in [-0.39, 0.29) is 4.21 Å². The minimum absolute atomic E-state index is 0.0531. The summed E-state index contributed by atoms with van der Waals surface area (Å²) in [6, 6.07) is 3.22. The van der Waals surface area contributed by atoms with Crippen LogP contribution in [-0.4, -0.2) is 43.7 Å². The molecule has 1 atom stereocenters. The summed E-state index contributed by atoms with van der Waals surface area (Å²) in [5.41, 5.74) is 0. The number of rotatable bonds is 9. The van der Waals surface area contributed by atoms with Gasteiger partial charge in [-0.15, -0.1) is 11.3 Å². The van der Waals surface area contributed by atoms with Gasteiger partial charge in [0.2, 0.25) is 0 Å². The Morgan fingerprint density at radius 2 is 1.82 bits per heavy atom. The van der Waals surface area contributed by atoms with Gasteiger partial charge in [-0.05, 0) is 32.9 Å². The molecule has 0 amide bonds. The molecule has 0 aliphatic carbocycles. The van der Waals surface area contributed by atoms with Crippen LogP contribution in [0.25, 0.3) is 0 Å². The Balaban J connectivity index is 2.89. The van der Waals surface area contributed by atoms with Crippen LogP contribution in [0.1, 0.15) is 25.6 Å². The van der Waals surface area contributed by atoms with Crippen LogP contribution in [0.3, 0.4) is 0 Å². The molecule has 7 nitrogen and oxygen atoms in total. The summed E-state index contributed by atoms with van der Waals surface area (Å²) < 4.78 is 37.5. The van der Waals surface area contributed by atoms with Crippen molar-refractivity contribution in [2.45, 2.75) is 31.5 Å². The molecule has 1 rings (SSSR count). The van der Waals surface area contributed by atoms with E-state index < -0.39 is 23.9 Å². The lowest BCUT2D eigenvalue weighted by Crippen LogP contribution is -2.46. The van der Waals surface area contributed by atoms with Crippen LogP contribution < -0.4 is 9.62 Å². The van der Waals surface area contributed by atoms with Crippen LogP contribution in [0.4, 0.5) is 0 Å². The highest BCUT2D eigenvalue weighted by Gasteiger charge is 2.24. The molecule has 1 aromatic heterocycles. The highest BCUT2D eigenvalue weighted by Crippen LogP contribution is 2.29. The molecule has 0 aliphatic rings. The molecule has 128 valence electrons. The first kappa shape index (κ1) is 19.8. The zero-order chi connectivity index (χ0) is 17.0. The molecule has 0 radical (unpaired) electrons. The van der Waals surface area contributed by atoms with Gasteiger partial charge in [0.1, 0.15) is 18.3 Å². The molecule has 2 N–H and O–H groups in total. The third kappa shape index (κ3) is 5.42. The van der Waals surface area contributed by atoms with Gasteiger partial charge in [0.05, 0.1) is 30.8 Å². The normalized spacial score (nSPS) is 15.7. The number of nitrogens with zero attached hydrogens (tertiary/aromatic N) is 1. The van der Waals surface area contributed by atoms with Crippen LogP contribution >= 0.6 is 18.9 Å². The predicted octanol–water partition coefficient (Wildman–Crippen LogP) is 0.906. The minimum Gasteiger partial charge on any atom is -0.778 e. The largest absolute Gasteiger partial charge is 0.778 e. The third-order valence-corrected chi connectivity index (χ3v) is 7.59. The number of nitrogens with one attached hydrogen (secondary N) is 1. The Kier molecular flexibility index (Phi) is 6.76. The maximum atomic E-state index is 12.0. The number of quaternary nitrogens is 1. The van der Waals surface area contributed by atoms with E-state index >= 15 is 0 Å². The Hall–Kier alpha value is -0.280. The van der Waals surface area contributed by atoms with Crippen molar-refractivity contribution in [2.24, 2.45) is 0 Å². The van der Waals surface area contributed by atoms with E-state index in [2.05, 4.69) is 20.8 Å². The quantitative estimate of drug-likeness (QED) is 0.496. The second-order valence-corrected chi connectivity index (χ2v) is 9.87. The summed E-state index contributed by atoms with van der Waals surface area (Å²) >= 11 is 1.12. The summed E-state index contributed by atoms with van der Waals surface area (Å²) in [4.78, 5) is 20.3. The van der Waals surface area contributed by atoms with E-state index in [0.717, 1.165) is 46.9 Å². The van der Waals surface area contributed by atoms with E-state index in [1.54, 1.807) is 6.07 Å². The average molecular weight is 370 g/mol. The Bertz CT molecular complexity index is 625. The first-order valence-corrected chi connectivity index (χ1v) is 11.1. The molecular weight excluding hydrogens is 347 g/mol. The van der Waals surface area contributed by atoms with E-state index in [1.807, 2.05) is 4.72 Å². The predicted molar refractivity (Wildman–Crippen MR) is 84.9 cm³/mol. The lowest BCUT2D eigenvalue weighted by Gasteiger charge is -2.35. The first-order valence-electron chi connectivity index (χ1n) is 7.04. The molecule has 0 aliphatic heterocycles. The topological polar surface area (TPSA) is 107 Å². The molecule has 0 saturated carbocycles. The molecule has 0 bridgehead atoms. The maximum absolute atomic E-state index is 12.0. The molecule has 0 spiro atoms. The SMILES string of the molecule is CC[N+](CC)(CC)Cc1ccc(S(=O)(=O)NCP(=O)([O-])O)s1. The summed E-state index contributed by atoms with van der Waals surface area (Å²) in [7, 11) is -8.58. The summed E-state index contributed by atoms with van der Waals surface area (Å²) in [6.07, 6.45) is -0.999. The van der Waals surface area contributed by atoms with E-state index in [1.165, 1.54) is 6.07 Å². The van der Waals surface area contributed by atoms with Crippen molar-refractivity contribution in [3.05, 3.63) is 17.0 Å². The van der Waals surface area contributed by atoms with Crippen molar-refractivity contribution in [3.8, 4) is 0 Å². The average Bonchev–Trinajstić information content (AvgIpc) is 2.91. The third-order valence-electron chi connectivity index (χ3n) is 3.86. The van der Waals surface area contributed by atoms with Crippen LogP contribution in [-0.2, 0) is 21.1 Å². The molecule has 1 aromatic rings. The number of hydrogen-bond donors (Lipinski definition) is 2. The fourth-order valence-corrected chi connectivity index (χ4v) is 5.69. The van der Waals surface area contributed by atoms with Gasteiger partial charge in [-0.1, -0.05) is 0 Å². The minimum atomic E-state index is -4.66. The van der Waals surface area contributed by atoms with Crippen LogP contribution in [0.2, 0.25) is 0 Å². The summed E-state index contributed by atoms with van der Waals surface area (Å²) in [6.45, 7) is 9.91. The van der Waals surface area contributed by atoms with Gasteiger partial charge in [-0.25, -0.2) is 13.1 Å². The van der Waals surface area contributed by atoms with Gasteiger partial charge >= 0.3 is 0 Å². The van der Waals surface area contributed by atoms with Crippen LogP contribution in [0, 0.1) is 0 Å². The van der Waals surface area contributed by atoms with Crippen molar-refractivity contribution in [2.75, 3.05) is 25.9 Å². The van der Waals surface area contributed by atoms with Crippen molar-refractivity contribution in [1.82, 2.24) is 4.72 Å². The lowest BCUT2D eigenvalue weighted by atomic mass is 10.3. The van der Waals surface area contributed by atoms with Crippen molar-refractivity contribution >= 4 is 29.0 Å². The van der Waals surface area contributed by atoms with Gasteiger partial charge in [0.25, 0.3) is 10.0 Å². The molecule has 1 unspecified atom stereocenters. The van der Waals surface area contributed by atoms with Crippen molar-refractivity contribution in [1.29, 1.82) is 0 Å². The molecule has 22 heavy (non-hydrogen) atoms. The van der Waals surface area contributed by atoms with Crippen LogP contribution in [0.15, 0.2) is 16.3 Å². The van der Waals surface area contributed by atoms with E-state index in [0.29, 0.717) is 0 Å². The van der Waals surface area contributed by atoms with Gasteiger partial charge in [0, 0.05) is 0 Å². The molecule has 1 heterocycles. The summed E-state index contributed by atoms with van der Waals surface area (Å²) in [5, 5.41) is 0. The molecule has 10 heteroatoms. The number of sulfonamides is 1. The van der Waals surface area contributed by atoms with Gasteiger partial charge in [0.15, 0.2) is 0 Å². The Morgan fingerprint density at radius 1 is 1.27 bits per heavy atom. The fourth-order valence-electron chi connectivity index (χ4n) is 2.16. The summed E-state index contributed by atoms with van der Waals surface area (Å²) in [5.74, 6) is 0. The second-order valence-electron chi connectivity index (χ2n) is 5.11. The maximum Gasteiger partial charge on any atom is 0.250 e. The number of hydrogen-bond acceptors (Lipinski definition) is 5. The van der Waals surface area contributed by atoms with E-state index in [4.69, 9.17) is 4.89 Å². The fraction of sp³-hybridized carbons (Fsp3) is 0.667.